The molecular weight excluding hydrogens is 865 g/mol. The molecule has 0 radical (unpaired) electrons. The van der Waals surface area contributed by atoms with Crippen molar-refractivity contribution in [3.63, 3.8) is 0 Å². The molecule has 18 nitrogen and oxygen atoms in total. The van der Waals surface area contributed by atoms with Crippen LogP contribution in [-0.4, -0.2) is 71.6 Å². The fourth-order valence-electron chi connectivity index (χ4n) is 5.16. The first-order valence-electron chi connectivity index (χ1n) is 18.8. The van der Waals surface area contributed by atoms with E-state index in [1.165, 1.54) is 35.6 Å². The van der Waals surface area contributed by atoms with Gasteiger partial charge in [-0.3, -0.25) is 10.6 Å². The summed E-state index contributed by atoms with van der Waals surface area (Å²) in [5, 5.41) is 11.2. The zero-order valence-electron chi connectivity index (χ0n) is 34.5. The maximum absolute atomic E-state index is 12.5. The van der Waals surface area contributed by atoms with Gasteiger partial charge in [0.05, 0.1) is 36.1 Å². The number of hydrogen-bond donors (Lipinski definition) is 5. The lowest BCUT2D eigenvalue weighted by molar-refractivity contribution is 0.260. The Hall–Kier alpha value is -5.84. The summed E-state index contributed by atoms with van der Waals surface area (Å²) in [6.45, 7) is 13.1. The Kier molecular flexibility index (Phi) is 15.6. The van der Waals surface area contributed by atoms with Crippen molar-refractivity contribution in [3.05, 3.63) is 94.5 Å². The van der Waals surface area contributed by atoms with Crippen LogP contribution >= 0.6 is 22.7 Å². The predicted octanol–water partition coefficient (Wildman–Crippen LogP) is 7.67. The molecule has 4 amide bonds. The second-order valence-electron chi connectivity index (χ2n) is 14.6. The van der Waals surface area contributed by atoms with Gasteiger partial charge in [0.1, 0.15) is 11.5 Å². The Bertz CT molecular complexity index is 2640. The Labute approximate surface area is 362 Å². The molecule has 0 aliphatic heterocycles. The number of ether oxygens (including phenoxy) is 2. The summed E-state index contributed by atoms with van der Waals surface area (Å²) in [6.07, 6.45) is 8.68. The van der Waals surface area contributed by atoms with Gasteiger partial charge in [-0.2, -0.15) is 0 Å². The third-order valence-corrected chi connectivity index (χ3v) is 13.3. The molecule has 0 atom stereocenters. The number of anilines is 4. The number of aryl methyl sites for hydroxylation is 3. The van der Waals surface area contributed by atoms with Crippen LogP contribution in [0.15, 0.2) is 83.9 Å². The molecule has 0 fully saturated rings. The standard InChI is InChI=1S/C20H25N5O4S2.C19H23N5O4S2/c1-13(2)11-29-17-9-14(3)5-6-16(17)23-18(26)24-19-22-10-15(30-19)12-31(27,28)20-21-7-8-25(20)4;1-12(2)10-28-16-8-13(3)4-5-15(16)23-17(25)24-18-22-9-14(29-18)11-30(26,27)19-20-6-7-21-19/h5-10,13H,11-12H2,1-4H3,(H2,22,23,24,26);4-9,12H,10-11H2,1-3H3,(H,20,21)(H2,22,23,24,25). The minimum absolute atomic E-state index is 0.0125. The lowest BCUT2D eigenvalue weighted by atomic mass is 10.2. The molecule has 5 N–H and O–H groups in total. The Morgan fingerprint density at radius 3 is 1.62 bits per heavy atom. The molecular formula is C39H48N10O8S4. The first-order chi connectivity index (χ1) is 28.9. The van der Waals surface area contributed by atoms with E-state index in [2.05, 4.69) is 46.2 Å². The summed E-state index contributed by atoms with van der Waals surface area (Å²) in [7, 11) is -5.59. The van der Waals surface area contributed by atoms with Crippen LogP contribution in [-0.2, 0) is 38.2 Å². The summed E-state index contributed by atoms with van der Waals surface area (Å²) in [4.78, 5) is 44.3. The van der Waals surface area contributed by atoms with Gasteiger partial charge >= 0.3 is 12.1 Å². The van der Waals surface area contributed by atoms with Crippen molar-refractivity contribution >= 4 is 76.0 Å². The number of sulfone groups is 2. The molecule has 0 unspecified atom stereocenters. The number of carbonyl (C=O) groups is 2. The number of carbonyl (C=O) groups excluding carboxylic acids is 2. The molecule has 4 aromatic heterocycles. The normalized spacial score (nSPS) is 11.5. The lowest BCUT2D eigenvalue weighted by Crippen LogP contribution is -2.20. The van der Waals surface area contributed by atoms with Crippen molar-refractivity contribution in [2.45, 2.75) is 63.4 Å². The maximum Gasteiger partial charge on any atom is 0.325 e. The molecule has 0 aliphatic rings. The van der Waals surface area contributed by atoms with E-state index < -0.39 is 31.7 Å². The van der Waals surface area contributed by atoms with Crippen molar-refractivity contribution in [1.82, 2.24) is 29.5 Å². The van der Waals surface area contributed by atoms with E-state index in [0.29, 0.717) is 62.8 Å². The summed E-state index contributed by atoms with van der Waals surface area (Å²) in [6, 6.07) is 10.0. The fraction of sp³-hybridized carbons (Fsp3) is 0.333. The molecule has 0 bridgehead atoms. The number of urea groups is 2. The van der Waals surface area contributed by atoms with E-state index in [-0.39, 0.29) is 27.0 Å². The first-order valence-corrected chi connectivity index (χ1v) is 23.7. The molecule has 326 valence electrons. The molecule has 61 heavy (non-hydrogen) atoms. The number of benzene rings is 2. The third kappa shape index (κ3) is 13.8. The van der Waals surface area contributed by atoms with Crippen LogP contribution in [0.25, 0.3) is 0 Å². The molecule has 0 saturated heterocycles. The van der Waals surface area contributed by atoms with E-state index in [0.717, 1.165) is 33.8 Å². The highest BCUT2D eigenvalue weighted by Gasteiger charge is 2.23. The van der Waals surface area contributed by atoms with Crippen molar-refractivity contribution < 1.29 is 35.9 Å². The van der Waals surface area contributed by atoms with Gasteiger partial charge in [0.25, 0.3) is 0 Å². The Morgan fingerprint density at radius 2 is 1.20 bits per heavy atom. The van der Waals surface area contributed by atoms with Crippen molar-refractivity contribution in [1.29, 1.82) is 0 Å². The van der Waals surface area contributed by atoms with Gasteiger partial charge in [-0.05, 0) is 61.1 Å². The topological polar surface area (TPSA) is 241 Å². The number of H-pyrrole nitrogens is 1. The molecule has 6 rings (SSSR count). The summed E-state index contributed by atoms with van der Waals surface area (Å²) < 4.78 is 62.6. The summed E-state index contributed by atoms with van der Waals surface area (Å²) in [5.41, 5.74) is 3.11. The van der Waals surface area contributed by atoms with Crippen LogP contribution in [0.4, 0.5) is 31.2 Å². The molecule has 6 aromatic rings. The number of aromatic amines is 1. The van der Waals surface area contributed by atoms with Crippen molar-refractivity contribution in [2.75, 3.05) is 34.5 Å². The fourth-order valence-corrected chi connectivity index (χ4v) is 10.1. The minimum atomic E-state index is -3.61. The number of nitrogens with zero attached hydrogens (tertiary/aromatic N) is 5. The van der Waals surface area contributed by atoms with E-state index in [4.69, 9.17) is 9.47 Å². The van der Waals surface area contributed by atoms with Gasteiger partial charge < -0.3 is 29.7 Å². The predicted molar refractivity (Wildman–Crippen MR) is 236 cm³/mol. The highest BCUT2D eigenvalue weighted by atomic mass is 32.2. The van der Waals surface area contributed by atoms with Crippen molar-refractivity contribution in [2.24, 2.45) is 18.9 Å². The van der Waals surface area contributed by atoms with Gasteiger partial charge in [-0.15, -0.1) is 22.7 Å². The van der Waals surface area contributed by atoms with Crippen LogP contribution in [0, 0.1) is 25.7 Å². The summed E-state index contributed by atoms with van der Waals surface area (Å²) >= 11 is 2.17. The van der Waals surface area contributed by atoms with E-state index in [9.17, 15) is 26.4 Å². The summed E-state index contributed by atoms with van der Waals surface area (Å²) in [5.74, 6) is 1.36. The molecule has 22 heteroatoms. The first kappa shape index (κ1) is 46.2. The second kappa shape index (κ2) is 20.6. The average molecular weight is 913 g/mol. The van der Waals surface area contributed by atoms with Crippen LogP contribution < -0.4 is 30.7 Å². The molecule has 0 spiro atoms. The largest absolute Gasteiger partial charge is 0.491 e. The number of amides is 4. The van der Waals surface area contributed by atoms with Gasteiger partial charge in [0, 0.05) is 54.0 Å². The minimum Gasteiger partial charge on any atom is -0.491 e. The van der Waals surface area contributed by atoms with Crippen LogP contribution in [0.1, 0.15) is 48.6 Å². The van der Waals surface area contributed by atoms with Crippen LogP contribution in [0.2, 0.25) is 0 Å². The SMILES string of the molecule is Cc1ccc(NC(=O)Nc2ncc(CS(=O)(=O)c3ncc[nH]3)s2)c(OCC(C)C)c1.Cc1ccc(NC(=O)Nc2ncc(CS(=O)(=O)c3nccn3C)s2)c(OCC(C)C)c1. The lowest BCUT2D eigenvalue weighted by Gasteiger charge is -2.14. The van der Waals surface area contributed by atoms with Gasteiger partial charge in [-0.1, -0.05) is 39.8 Å². The van der Waals surface area contributed by atoms with Gasteiger partial charge in [0.2, 0.25) is 30.0 Å². The van der Waals surface area contributed by atoms with E-state index in [1.54, 1.807) is 25.4 Å². The van der Waals surface area contributed by atoms with Gasteiger partial charge in [-0.25, -0.2) is 46.4 Å². The average Bonchev–Trinajstić information content (AvgIpc) is 4.02. The number of hydrogen-bond acceptors (Lipinski definition) is 14. The third-order valence-electron chi connectivity index (χ3n) is 7.95. The van der Waals surface area contributed by atoms with E-state index >= 15 is 0 Å². The maximum atomic E-state index is 12.5. The monoisotopic (exact) mass is 912 g/mol. The zero-order chi connectivity index (χ0) is 44.3. The zero-order valence-corrected chi connectivity index (χ0v) is 37.8. The Morgan fingerprint density at radius 1 is 0.705 bits per heavy atom. The number of imidazole rings is 2. The molecule has 2 aromatic carbocycles. The van der Waals surface area contributed by atoms with Crippen LogP contribution in [0.5, 0.6) is 11.5 Å². The number of nitrogens with one attached hydrogen (secondary N) is 5. The second-order valence-corrected chi connectivity index (χ2v) is 20.6. The highest BCUT2D eigenvalue weighted by Crippen LogP contribution is 2.29. The smallest absolute Gasteiger partial charge is 0.325 e. The molecule has 4 heterocycles. The van der Waals surface area contributed by atoms with Crippen molar-refractivity contribution in [3.8, 4) is 11.5 Å². The number of aromatic nitrogens is 6. The molecule has 0 aliphatic carbocycles. The quantitative estimate of drug-likeness (QED) is 0.0629. The number of thiazole rings is 2. The van der Waals surface area contributed by atoms with Crippen LogP contribution in [0.3, 0.4) is 0 Å². The highest BCUT2D eigenvalue weighted by molar-refractivity contribution is 7.90. The van der Waals surface area contributed by atoms with E-state index in [1.807, 2.05) is 65.8 Å². The Balaban J connectivity index is 0.000000231. The van der Waals surface area contributed by atoms with Gasteiger partial charge in [0.15, 0.2) is 10.3 Å². The molecule has 0 saturated carbocycles. The number of rotatable bonds is 16.